The van der Waals surface area contributed by atoms with Crippen LogP contribution in [-0.4, -0.2) is 17.1 Å². The second-order valence-electron chi connectivity index (χ2n) is 5.51. The van der Waals surface area contributed by atoms with Gasteiger partial charge < -0.3 is 4.74 Å². The van der Waals surface area contributed by atoms with Gasteiger partial charge >= 0.3 is 5.97 Å². The van der Waals surface area contributed by atoms with Crippen LogP contribution >= 0.6 is 11.8 Å². The normalized spacial score (nSPS) is 15.3. The zero-order valence-corrected chi connectivity index (χ0v) is 14.3. The maximum absolute atomic E-state index is 12.0. The Kier molecular flexibility index (Phi) is 5.00. The van der Waals surface area contributed by atoms with Crippen LogP contribution in [0.2, 0.25) is 0 Å². The average molecular weight is 353 g/mol. The molecule has 3 rings (SSSR count). The fraction of sp³-hybridized carbons (Fsp3) is 0.105. The molecule has 1 saturated heterocycles. The minimum Gasteiger partial charge on any atom is -0.426 e. The molecular weight excluding hydrogens is 338 g/mol. The van der Waals surface area contributed by atoms with Gasteiger partial charge in [0.2, 0.25) is 0 Å². The highest BCUT2D eigenvalue weighted by Gasteiger charge is 2.24. The number of ether oxygens (including phenoxy) is 1. The number of amides is 2. The number of thioether (sulfide) groups is 1. The maximum Gasteiger partial charge on any atom is 0.315 e. The van der Waals surface area contributed by atoms with E-state index in [1.165, 1.54) is 0 Å². The van der Waals surface area contributed by atoms with Gasteiger partial charge in [-0.15, -0.1) is 0 Å². The number of carbonyl (C=O) groups excluding carboxylic acids is 3. The first kappa shape index (κ1) is 17.0. The molecule has 0 radical (unpaired) electrons. The lowest BCUT2D eigenvalue weighted by Crippen LogP contribution is -2.17. The molecule has 1 fully saturated rings. The summed E-state index contributed by atoms with van der Waals surface area (Å²) in [4.78, 5) is 35.1. The lowest BCUT2D eigenvalue weighted by molar-refractivity contribution is -0.133. The van der Waals surface area contributed by atoms with Crippen molar-refractivity contribution in [3.8, 4) is 5.75 Å². The molecule has 0 bridgehead atoms. The Balaban J connectivity index is 1.70. The molecule has 0 aliphatic carbocycles. The molecule has 2 aromatic carbocycles. The lowest BCUT2D eigenvalue weighted by Gasteiger charge is -2.08. The molecular formula is C19H15NO4S. The summed E-state index contributed by atoms with van der Waals surface area (Å²) in [6.07, 6.45) is 1.83. The van der Waals surface area contributed by atoms with Crippen LogP contribution in [0.4, 0.5) is 4.79 Å². The molecule has 0 atom stereocenters. The molecule has 2 amide bonds. The van der Waals surface area contributed by atoms with Crippen molar-refractivity contribution < 1.29 is 19.1 Å². The molecule has 0 spiro atoms. The Bertz CT molecular complexity index is 874. The van der Waals surface area contributed by atoms with E-state index in [0.29, 0.717) is 10.7 Å². The third-order valence-corrected chi connectivity index (χ3v) is 4.36. The zero-order chi connectivity index (χ0) is 17.8. The number of nitrogens with one attached hydrogen (secondary N) is 1. The monoisotopic (exact) mass is 353 g/mol. The number of esters is 1. The van der Waals surface area contributed by atoms with Gasteiger partial charge in [-0.3, -0.25) is 19.7 Å². The van der Waals surface area contributed by atoms with Crippen molar-refractivity contribution in [3.05, 3.63) is 70.1 Å². The van der Waals surface area contributed by atoms with E-state index in [9.17, 15) is 14.4 Å². The zero-order valence-electron chi connectivity index (χ0n) is 13.4. The van der Waals surface area contributed by atoms with E-state index >= 15 is 0 Å². The van der Waals surface area contributed by atoms with E-state index in [-0.39, 0.29) is 17.6 Å². The maximum atomic E-state index is 12.0. The highest BCUT2D eigenvalue weighted by molar-refractivity contribution is 8.18. The first-order valence-electron chi connectivity index (χ1n) is 7.61. The Morgan fingerprint density at radius 1 is 1.16 bits per heavy atom. The lowest BCUT2D eigenvalue weighted by atomic mass is 10.1. The van der Waals surface area contributed by atoms with Crippen LogP contribution < -0.4 is 10.1 Å². The SMILES string of the molecule is Cc1cc(/C=C2\SC(=O)NC2=O)ccc1OC(=O)Cc1ccccc1. The first-order valence-corrected chi connectivity index (χ1v) is 8.43. The average Bonchev–Trinajstić information content (AvgIpc) is 2.88. The Morgan fingerprint density at radius 2 is 1.92 bits per heavy atom. The summed E-state index contributed by atoms with van der Waals surface area (Å²) in [5.74, 6) is -0.259. The van der Waals surface area contributed by atoms with Crippen LogP contribution in [0.5, 0.6) is 5.75 Å². The fourth-order valence-electron chi connectivity index (χ4n) is 2.37. The van der Waals surface area contributed by atoms with Crippen molar-refractivity contribution in [2.45, 2.75) is 13.3 Å². The van der Waals surface area contributed by atoms with E-state index in [0.717, 1.165) is 28.5 Å². The van der Waals surface area contributed by atoms with Crippen molar-refractivity contribution in [2.24, 2.45) is 0 Å². The number of aryl methyl sites for hydroxylation is 1. The molecule has 1 N–H and O–H groups in total. The summed E-state index contributed by atoms with van der Waals surface area (Å²) in [6.45, 7) is 1.82. The van der Waals surface area contributed by atoms with Crippen LogP contribution in [-0.2, 0) is 16.0 Å². The van der Waals surface area contributed by atoms with Gasteiger partial charge in [0.05, 0.1) is 11.3 Å². The molecule has 126 valence electrons. The summed E-state index contributed by atoms with van der Waals surface area (Å²) >= 11 is 0.867. The molecule has 1 aliphatic heterocycles. The Hall–Kier alpha value is -2.86. The molecule has 2 aromatic rings. The molecule has 0 saturated carbocycles. The van der Waals surface area contributed by atoms with E-state index in [1.807, 2.05) is 37.3 Å². The van der Waals surface area contributed by atoms with Gasteiger partial charge in [-0.25, -0.2) is 0 Å². The molecule has 25 heavy (non-hydrogen) atoms. The third-order valence-electron chi connectivity index (χ3n) is 3.55. The highest BCUT2D eigenvalue weighted by Crippen LogP contribution is 2.27. The number of rotatable bonds is 4. The Labute approximate surface area is 149 Å². The highest BCUT2D eigenvalue weighted by atomic mass is 32.2. The van der Waals surface area contributed by atoms with Crippen molar-refractivity contribution in [1.82, 2.24) is 5.32 Å². The van der Waals surface area contributed by atoms with E-state index in [2.05, 4.69) is 5.32 Å². The largest absolute Gasteiger partial charge is 0.426 e. The second kappa shape index (κ2) is 7.36. The minimum atomic E-state index is -0.397. The van der Waals surface area contributed by atoms with Crippen LogP contribution in [0, 0.1) is 6.92 Å². The Morgan fingerprint density at radius 3 is 2.56 bits per heavy atom. The molecule has 1 aliphatic rings. The van der Waals surface area contributed by atoms with Crippen LogP contribution in [0.3, 0.4) is 0 Å². The van der Waals surface area contributed by atoms with Crippen molar-refractivity contribution >= 4 is 35.0 Å². The standard InChI is InChI=1S/C19H15NO4S/c1-12-9-14(10-16-18(22)20-19(23)25-16)7-8-15(12)24-17(21)11-13-5-3-2-4-6-13/h2-10H,11H2,1H3,(H,20,22,23)/b16-10-. The van der Waals surface area contributed by atoms with Crippen molar-refractivity contribution in [3.63, 3.8) is 0 Å². The molecule has 1 heterocycles. The number of hydrogen-bond donors (Lipinski definition) is 1. The summed E-state index contributed by atoms with van der Waals surface area (Å²) in [5.41, 5.74) is 2.42. The van der Waals surface area contributed by atoms with Gasteiger partial charge in [0.25, 0.3) is 11.1 Å². The van der Waals surface area contributed by atoms with Crippen LogP contribution in [0.25, 0.3) is 6.08 Å². The number of carbonyl (C=O) groups is 3. The van der Waals surface area contributed by atoms with E-state index < -0.39 is 5.91 Å². The fourth-order valence-corrected chi connectivity index (χ4v) is 3.05. The summed E-state index contributed by atoms with van der Waals surface area (Å²) < 4.78 is 5.41. The van der Waals surface area contributed by atoms with Crippen LogP contribution in [0.15, 0.2) is 53.4 Å². The molecule has 0 unspecified atom stereocenters. The molecule has 0 aromatic heterocycles. The van der Waals surface area contributed by atoms with Crippen molar-refractivity contribution in [1.29, 1.82) is 0 Å². The summed E-state index contributed by atoms with van der Waals surface area (Å²) in [7, 11) is 0. The summed E-state index contributed by atoms with van der Waals surface area (Å²) in [5, 5.41) is 1.83. The number of imide groups is 1. The van der Waals surface area contributed by atoms with Gasteiger partial charge in [-0.1, -0.05) is 36.4 Å². The quantitative estimate of drug-likeness (QED) is 0.518. The topological polar surface area (TPSA) is 72.5 Å². The van der Waals surface area contributed by atoms with E-state index in [1.54, 1.807) is 24.3 Å². The smallest absolute Gasteiger partial charge is 0.315 e. The second-order valence-corrected chi connectivity index (χ2v) is 6.53. The minimum absolute atomic E-state index is 0.199. The molecule has 6 heteroatoms. The number of hydrogen-bond acceptors (Lipinski definition) is 5. The van der Waals surface area contributed by atoms with Gasteiger partial charge in [0.15, 0.2) is 0 Å². The van der Waals surface area contributed by atoms with Crippen molar-refractivity contribution in [2.75, 3.05) is 0 Å². The number of benzene rings is 2. The predicted molar refractivity (Wildman–Crippen MR) is 96.1 cm³/mol. The molecule has 5 nitrogen and oxygen atoms in total. The first-order chi connectivity index (χ1) is 12.0. The summed E-state index contributed by atoms with van der Waals surface area (Å²) in [6, 6.07) is 14.6. The van der Waals surface area contributed by atoms with E-state index in [4.69, 9.17) is 4.74 Å². The van der Waals surface area contributed by atoms with Gasteiger partial charge in [0.1, 0.15) is 5.75 Å². The predicted octanol–water partition coefficient (Wildman–Crippen LogP) is 3.47. The third kappa shape index (κ3) is 4.36. The van der Waals surface area contributed by atoms with Gasteiger partial charge in [0, 0.05) is 0 Å². The van der Waals surface area contributed by atoms with Gasteiger partial charge in [-0.05, 0) is 53.6 Å². The van der Waals surface area contributed by atoms with Gasteiger partial charge in [-0.2, -0.15) is 0 Å². The van der Waals surface area contributed by atoms with Crippen LogP contribution in [0.1, 0.15) is 16.7 Å².